The lowest BCUT2D eigenvalue weighted by molar-refractivity contribution is -0.127. The van der Waals surface area contributed by atoms with Gasteiger partial charge in [0.25, 0.3) is 0 Å². The fraction of sp³-hybridized carbons (Fsp3) is 0.500. The third kappa shape index (κ3) is 3.04. The number of hydrogen-bond donors (Lipinski definition) is 2. The molecule has 3 aliphatic rings. The highest BCUT2D eigenvalue weighted by Crippen LogP contribution is 2.35. The van der Waals surface area contributed by atoms with Crippen molar-refractivity contribution in [1.29, 1.82) is 0 Å². The standard InChI is InChI=1S/C20H25N5O/c26-19-13-17(14-5-6-14)22-20(23-19)25-11-9-24(10-12-25)18-7-8-21-16-4-2-1-3-15(16)18/h1-4,7-8,14,17,20,22H,5-6,9-13H2,(H,23,26). The Bertz CT molecular complexity index is 807. The Kier molecular flexibility index (Phi) is 4.02. The molecule has 0 spiro atoms. The van der Waals surface area contributed by atoms with Gasteiger partial charge in [0.05, 0.1) is 5.52 Å². The van der Waals surface area contributed by atoms with Crippen LogP contribution in [0.2, 0.25) is 0 Å². The van der Waals surface area contributed by atoms with Gasteiger partial charge in [-0.25, -0.2) is 0 Å². The number of hydrogen-bond acceptors (Lipinski definition) is 5. The van der Waals surface area contributed by atoms with Crippen molar-refractivity contribution in [2.24, 2.45) is 5.92 Å². The second kappa shape index (κ2) is 6.52. The number of para-hydroxylation sites is 1. The number of piperazine rings is 1. The third-order valence-corrected chi connectivity index (χ3v) is 5.91. The number of nitrogens with zero attached hydrogens (tertiary/aromatic N) is 3. The van der Waals surface area contributed by atoms with Gasteiger partial charge >= 0.3 is 0 Å². The van der Waals surface area contributed by atoms with Crippen molar-refractivity contribution in [3.05, 3.63) is 36.5 Å². The molecule has 26 heavy (non-hydrogen) atoms. The van der Waals surface area contributed by atoms with Crippen LogP contribution in [0.25, 0.3) is 10.9 Å². The topological polar surface area (TPSA) is 60.5 Å². The van der Waals surface area contributed by atoms with Gasteiger partial charge in [-0.1, -0.05) is 18.2 Å². The van der Waals surface area contributed by atoms with Crippen molar-refractivity contribution < 1.29 is 4.79 Å². The Labute approximate surface area is 153 Å². The van der Waals surface area contributed by atoms with Crippen molar-refractivity contribution >= 4 is 22.5 Å². The summed E-state index contributed by atoms with van der Waals surface area (Å²) < 4.78 is 0. The fourth-order valence-corrected chi connectivity index (χ4v) is 4.29. The molecule has 5 rings (SSSR count). The van der Waals surface area contributed by atoms with Gasteiger partial charge in [0.1, 0.15) is 6.29 Å². The SMILES string of the molecule is O=C1CC(C2CC2)NC(N2CCN(c3ccnc4ccccc34)CC2)N1. The number of nitrogens with one attached hydrogen (secondary N) is 2. The van der Waals surface area contributed by atoms with Crippen LogP contribution in [0, 0.1) is 5.92 Å². The first kappa shape index (κ1) is 16.0. The van der Waals surface area contributed by atoms with E-state index >= 15 is 0 Å². The van der Waals surface area contributed by atoms with E-state index in [1.165, 1.54) is 23.9 Å². The maximum absolute atomic E-state index is 12.1. The van der Waals surface area contributed by atoms with E-state index < -0.39 is 0 Å². The number of benzene rings is 1. The zero-order valence-corrected chi connectivity index (χ0v) is 14.9. The molecule has 0 radical (unpaired) electrons. The van der Waals surface area contributed by atoms with Crippen LogP contribution >= 0.6 is 0 Å². The van der Waals surface area contributed by atoms with E-state index in [0.29, 0.717) is 18.4 Å². The minimum Gasteiger partial charge on any atom is -0.368 e. The first-order chi connectivity index (χ1) is 12.8. The molecule has 2 atom stereocenters. The van der Waals surface area contributed by atoms with E-state index in [4.69, 9.17) is 0 Å². The molecular weight excluding hydrogens is 326 g/mol. The summed E-state index contributed by atoms with van der Waals surface area (Å²) in [6.45, 7) is 3.78. The van der Waals surface area contributed by atoms with E-state index in [1.54, 1.807) is 0 Å². The number of fused-ring (bicyclic) bond motifs is 1. The number of pyridine rings is 1. The van der Waals surface area contributed by atoms with Gasteiger partial charge in [0.15, 0.2) is 0 Å². The molecule has 6 nitrogen and oxygen atoms in total. The maximum Gasteiger partial charge on any atom is 0.223 e. The lowest BCUT2D eigenvalue weighted by Crippen LogP contribution is -2.67. The zero-order valence-electron chi connectivity index (χ0n) is 14.9. The molecule has 3 heterocycles. The van der Waals surface area contributed by atoms with Crippen molar-refractivity contribution in [1.82, 2.24) is 20.5 Å². The number of anilines is 1. The zero-order chi connectivity index (χ0) is 17.5. The molecular formula is C20H25N5O. The Morgan fingerprint density at radius 2 is 1.85 bits per heavy atom. The molecule has 2 saturated heterocycles. The van der Waals surface area contributed by atoms with Crippen LogP contribution in [-0.2, 0) is 4.79 Å². The number of amides is 1. The van der Waals surface area contributed by atoms with Crippen molar-refractivity contribution in [2.75, 3.05) is 31.1 Å². The molecule has 3 fully saturated rings. The van der Waals surface area contributed by atoms with E-state index in [-0.39, 0.29) is 12.2 Å². The molecule has 1 aliphatic carbocycles. The average Bonchev–Trinajstić information content (AvgIpc) is 3.53. The summed E-state index contributed by atoms with van der Waals surface area (Å²) in [6.07, 6.45) is 5.04. The number of carbonyl (C=O) groups is 1. The lowest BCUT2D eigenvalue weighted by Gasteiger charge is -2.43. The summed E-state index contributed by atoms with van der Waals surface area (Å²) in [4.78, 5) is 21.4. The molecule has 1 aromatic carbocycles. The van der Waals surface area contributed by atoms with Crippen molar-refractivity contribution in [2.45, 2.75) is 31.6 Å². The van der Waals surface area contributed by atoms with E-state index in [9.17, 15) is 4.79 Å². The molecule has 1 saturated carbocycles. The van der Waals surface area contributed by atoms with Gasteiger partial charge < -0.3 is 10.2 Å². The van der Waals surface area contributed by atoms with Crippen LogP contribution in [0.1, 0.15) is 19.3 Å². The minimum atomic E-state index is -0.0156. The molecule has 6 heteroatoms. The molecule has 2 unspecified atom stereocenters. The summed E-state index contributed by atoms with van der Waals surface area (Å²) >= 11 is 0. The molecule has 0 bridgehead atoms. The minimum absolute atomic E-state index is 0.0156. The van der Waals surface area contributed by atoms with Gasteiger partial charge in [-0.2, -0.15) is 0 Å². The Morgan fingerprint density at radius 1 is 1.04 bits per heavy atom. The Morgan fingerprint density at radius 3 is 2.65 bits per heavy atom. The molecule has 2 aromatic rings. The Balaban J connectivity index is 1.28. The van der Waals surface area contributed by atoms with Gasteiger partial charge in [-0.3, -0.25) is 20.0 Å². The van der Waals surface area contributed by atoms with Crippen molar-refractivity contribution in [3.63, 3.8) is 0 Å². The summed E-state index contributed by atoms with van der Waals surface area (Å²) in [7, 11) is 0. The molecule has 2 N–H and O–H groups in total. The first-order valence-electron chi connectivity index (χ1n) is 9.66. The summed E-state index contributed by atoms with van der Waals surface area (Å²) in [6, 6.07) is 10.8. The average molecular weight is 351 g/mol. The highest BCUT2D eigenvalue weighted by molar-refractivity contribution is 5.91. The lowest BCUT2D eigenvalue weighted by atomic mass is 10.1. The maximum atomic E-state index is 12.1. The highest BCUT2D eigenvalue weighted by Gasteiger charge is 2.39. The van der Waals surface area contributed by atoms with Crippen LogP contribution in [0.5, 0.6) is 0 Å². The number of carbonyl (C=O) groups excluding carboxylic acids is 1. The Hall–Kier alpha value is -2.18. The smallest absolute Gasteiger partial charge is 0.223 e. The second-order valence-electron chi connectivity index (χ2n) is 7.66. The van der Waals surface area contributed by atoms with Gasteiger partial charge in [0, 0.05) is 55.9 Å². The largest absolute Gasteiger partial charge is 0.368 e. The van der Waals surface area contributed by atoms with Gasteiger partial charge in [-0.05, 0) is 30.9 Å². The third-order valence-electron chi connectivity index (χ3n) is 5.91. The van der Waals surface area contributed by atoms with Gasteiger partial charge in [0.2, 0.25) is 5.91 Å². The van der Waals surface area contributed by atoms with Crippen LogP contribution < -0.4 is 15.5 Å². The van der Waals surface area contributed by atoms with Crippen LogP contribution in [0.15, 0.2) is 36.5 Å². The van der Waals surface area contributed by atoms with Crippen LogP contribution in [0.4, 0.5) is 5.69 Å². The number of rotatable bonds is 3. The van der Waals surface area contributed by atoms with E-state index in [2.05, 4.69) is 49.7 Å². The number of aromatic nitrogens is 1. The fourth-order valence-electron chi connectivity index (χ4n) is 4.29. The predicted octanol–water partition coefficient (Wildman–Crippen LogP) is 1.53. The normalized spacial score (nSPS) is 27.5. The summed E-state index contributed by atoms with van der Waals surface area (Å²) in [5.41, 5.74) is 2.30. The molecule has 1 aromatic heterocycles. The van der Waals surface area contributed by atoms with E-state index in [0.717, 1.165) is 31.7 Å². The highest BCUT2D eigenvalue weighted by atomic mass is 16.2. The molecule has 2 aliphatic heterocycles. The van der Waals surface area contributed by atoms with Crippen molar-refractivity contribution in [3.8, 4) is 0 Å². The van der Waals surface area contributed by atoms with Crippen LogP contribution in [-0.4, -0.2) is 54.3 Å². The first-order valence-corrected chi connectivity index (χ1v) is 9.66. The summed E-state index contributed by atoms with van der Waals surface area (Å²) in [5.74, 6) is 0.890. The summed E-state index contributed by atoms with van der Waals surface area (Å²) in [5, 5.41) is 8.01. The second-order valence-corrected chi connectivity index (χ2v) is 7.66. The molecule has 136 valence electrons. The monoisotopic (exact) mass is 351 g/mol. The van der Waals surface area contributed by atoms with Crippen LogP contribution in [0.3, 0.4) is 0 Å². The quantitative estimate of drug-likeness (QED) is 0.878. The molecule has 1 amide bonds. The van der Waals surface area contributed by atoms with Gasteiger partial charge in [-0.15, -0.1) is 0 Å². The predicted molar refractivity (Wildman–Crippen MR) is 102 cm³/mol. The van der Waals surface area contributed by atoms with E-state index in [1.807, 2.05) is 12.3 Å².